The molecule has 1 saturated carbocycles. The Morgan fingerprint density at radius 1 is 1.41 bits per heavy atom. The zero-order valence-electron chi connectivity index (χ0n) is 15.5. The normalized spacial score (nSPS) is 21.6. The number of nitrogens with one attached hydrogen (secondary N) is 1. The summed E-state index contributed by atoms with van der Waals surface area (Å²) in [4.78, 5) is 15.3. The Hall–Kier alpha value is -1.92. The number of hydrogen-bond acceptors (Lipinski definition) is 4. The number of ether oxygens (including phenoxy) is 1. The van der Waals surface area contributed by atoms with Gasteiger partial charge in [-0.2, -0.15) is 11.3 Å². The Morgan fingerprint density at radius 3 is 2.93 bits per heavy atom. The highest BCUT2D eigenvalue weighted by Gasteiger charge is 2.58. The van der Waals surface area contributed by atoms with Gasteiger partial charge in [-0.3, -0.25) is 4.79 Å². The highest BCUT2D eigenvalue weighted by Crippen LogP contribution is 2.56. The van der Waals surface area contributed by atoms with Gasteiger partial charge in [-0.25, -0.2) is 4.39 Å². The molecular weight excluding hydrogens is 363 g/mol. The summed E-state index contributed by atoms with van der Waals surface area (Å²) in [6.07, 6.45) is 2.65. The van der Waals surface area contributed by atoms with Crippen LogP contribution in [0.25, 0.3) is 0 Å². The third kappa shape index (κ3) is 4.01. The van der Waals surface area contributed by atoms with Gasteiger partial charge >= 0.3 is 0 Å². The summed E-state index contributed by atoms with van der Waals surface area (Å²) < 4.78 is 19.2. The fourth-order valence-corrected chi connectivity index (χ4v) is 4.84. The summed E-state index contributed by atoms with van der Waals surface area (Å²) >= 11 is 1.64. The van der Waals surface area contributed by atoms with E-state index < -0.39 is 6.10 Å². The zero-order chi connectivity index (χ0) is 18.9. The molecule has 1 amide bonds. The van der Waals surface area contributed by atoms with Crippen LogP contribution in [0.3, 0.4) is 0 Å². The molecule has 1 aliphatic heterocycles. The van der Waals surface area contributed by atoms with Gasteiger partial charge in [0.2, 0.25) is 0 Å². The lowest BCUT2D eigenvalue weighted by Gasteiger charge is -2.31. The van der Waals surface area contributed by atoms with E-state index in [1.165, 1.54) is 12.1 Å². The molecule has 2 aliphatic rings. The van der Waals surface area contributed by atoms with Crippen LogP contribution in [0.15, 0.2) is 41.1 Å². The molecule has 1 aliphatic carbocycles. The maximum atomic E-state index is 13.4. The number of piperidine rings is 1. The first-order valence-electron chi connectivity index (χ1n) is 9.52. The smallest absolute Gasteiger partial charge is 0.263 e. The van der Waals surface area contributed by atoms with E-state index in [1.807, 2.05) is 10.3 Å². The van der Waals surface area contributed by atoms with Gasteiger partial charge in [0.25, 0.3) is 5.91 Å². The lowest BCUT2D eigenvalue weighted by Crippen LogP contribution is -2.44. The molecule has 144 valence electrons. The third-order valence-corrected chi connectivity index (χ3v) is 6.53. The van der Waals surface area contributed by atoms with Crippen molar-refractivity contribution in [3.8, 4) is 5.75 Å². The van der Waals surface area contributed by atoms with Crippen LogP contribution in [-0.2, 0) is 11.3 Å². The second kappa shape index (κ2) is 7.60. The number of amides is 1. The van der Waals surface area contributed by atoms with Crippen LogP contribution in [0, 0.1) is 11.2 Å². The van der Waals surface area contributed by atoms with E-state index >= 15 is 0 Å². The van der Waals surface area contributed by atoms with Crippen LogP contribution in [0.1, 0.15) is 31.7 Å². The van der Waals surface area contributed by atoms with Crippen molar-refractivity contribution < 1.29 is 13.9 Å². The molecule has 4 nitrogen and oxygen atoms in total. The average Bonchev–Trinajstić information content (AvgIpc) is 3.09. The van der Waals surface area contributed by atoms with Crippen molar-refractivity contribution in [3.63, 3.8) is 0 Å². The van der Waals surface area contributed by atoms with Crippen LogP contribution in [0.4, 0.5) is 4.39 Å². The number of thiophene rings is 1. The fourth-order valence-electron chi connectivity index (χ4n) is 4.18. The number of halogens is 1. The van der Waals surface area contributed by atoms with Gasteiger partial charge in [-0.15, -0.1) is 0 Å². The third-order valence-electron chi connectivity index (χ3n) is 5.79. The molecule has 0 bridgehead atoms. The van der Waals surface area contributed by atoms with Crippen LogP contribution >= 0.6 is 11.3 Å². The minimum atomic E-state index is -0.648. The lowest BCUT2D eigenvalue weighted by molar-refractivity contribution is -0.140. The number of carbonyl (C=O) groups is 1. The van der Waals surface area contributed by atoms with Crippen LogP contribution in [-0.4, -0.2) is 36.0 Å². The Balaban J connectivity index is 1.50. The predicted octanol–water partition coefficient (Wildman–Crippen LogP) is 3.83. The summed E-state index contributed by atoms with van der Waals surface area (Å²) in [5.41, 5.74) is 1.41. The van der Waals surface area contributed by atoms with Crippen LogP contribution in [0.5, 0.6) is 5.75 Å². The molecule has 1 spiro atoms. The van der Waals surface area contributed by atoms with E-state index in [-0.39, 0.29) is 23.2 Å². The van der Waals surface area contributed by atoms with Gasteiger partial charge in [0.05, 0.1) is 0 Å². The average molecular weight is 389 g/mol. The first kappa shape index (κ1) is 18.4. The van der Waals surface area contributed by atoms with Crippen molar-refractivity contribution in [2.24, 2.45) is 5.41 Å². The first-order valence-corrected chi connectivity index (χ1v) is 10.5. The Kier molecular flexibility index (Phi) is 5.19. The predicted molar refractivity (Wildman–Crippen MR) is 104 cm³/mol. The highest BCUT2D eigenvalue weighted by atomic mass is 32.1. The first-order chi connectivity index (χ1) is 13.1. The number of carbonyl (C=O) groups excluding carboxylic acids is 1. The molecule has 2 fully saturated rings. The Bertz CT molecular complexity index is 789. The Morgan fingerprint density at radius 2 is 2.22 bits per heavy atom. The molecule has 27 heavy (non-hydrogen) atoms. The second-order valence-corrected chi connectivity index (χ2v) is 8.43. The van der Waals surface area contributed by atoms with E-state index in [2.05, 4.69) is 16.8 Å². The largest absolute Gasteiger partial charge is 0.481 e. The fraction of sp³-hybridized carbons (Fsp3) is 0.476. The molecule has 2 atom stereocenters. The van der Waals surface area contributed by atoms with Crippen molar-refractivity contribution in [3.05, 3.63) is 52.5 Å². The van der Waals surface area contributed by atoms with Crippen LogP contribution in [0.2, 0.25) is 0 Å². The number of nitrogens with zero attached hydrogens (tertiary/aromatic N) is 1. The second-order valence-electron chi connectivity index (χ2n) is 7.65. The molecule has 2 unspecified atom stereocenters. The summed E-state index contributed by atoms with van der Waals surface area (Å²) in [6.45, 7) is 4.41. The Labute approximate surface area is 163 Å². The van der Waals surface area contributed by atoms with E-state index in [1.54, 1.807) is 30.4 Å². The van der Waals surface area contributed by atoms with E-state index in [0.717, 1.165) is 37.9 Å². The highest BCUT2D eigenvalue weighted by molar-refractivity contribution is 7.07. The SMILES string of the molecule is CC(Oc1cccc(F)c1)C(=O)N(Cc1ccsc1)C1CC12CCNCC2. The zero-order valence-corrected chi connectivity index (χ0v) is 16.3. The molecule has 1 aromatic carbocycles. The van der Waals surface area contributed by atoms with Crippen molar-refractivity contribution in [2.45, 2.75) is 44.9 Å². The number of benzene rings is 1. The van der Waals surface area contributed by atoms with Crippen molar-refractivity contribution in [1.29, 1.82) is 0 Å². The molecule has 2 heterocycles. The standard InChI is InChI=1S/C21H25FN2O2S/c1-15(26-18-4-2-3-17(22)11-18)20(25)24(13-16-5-10-27-14-16)19-12-21(19)6-8-23-9-7-21/h2-5,10-11,14-15,19,23H,6-9,12-13H2,1H3. The maximum absolute atomic E-state index is 13.4. The molecule has 4 rings (SSSR count). The maximum Gasteiger partial charge on any atom is 0.263 e. The monoisotopic (exact) mass is 388 g/mol. The topological polar surface area (TPSA) is 41.6 Å². The molecule has 1 N–H and O–H groups in total. The summed E-state index contributed by atoms with van der Waals surface area (Å²) in [6, 6.07) is 8.30. The quantitative estimate of drug-likeness (QED) is 0.818. The number of hydrogen-bond donors (Lipinski definition) is 1. The summed E-state index contributed by atoms with van der Waals surface area (Å²) in [5, 5.41) is 7.55. The van der Waals surface area contributed by atoms with Crippen molar-refractivity contribution >= 4 is 17.2 Å². The van der Waals surface area contributed by atoms with Crippen LogP contribution < -0.4 is 10.1 Å². The van der Waals surface area contributed by atoms with Gasteiger partial charge in [0, 0.05) is 18.7 Å². The molecular formula is C21H25FN2O2S. The van der Waals surface area contributed by atoms with Gasteiger partial charge in [-0.1, -0.05) is 6.07 Å². The summed E-state index contributed by atoms with van der Waals surface area (Å²) in [7, 11) is 0. The number of rotatable bonds is 6. The molecule has 1 saturated heterocycles. The minimum Gasteiger partial charge on any atom is -0.481 e. The van der Waals surface area contributed by atoms with E-state index in [0.29, 0.717) is 12.3 Å². The van der Waals surface area contributed by atoms with E-state index in [4.69, 9.17) is 4.74 Å². The lowest BCUT2D eigenvalue weighted by atomic mass is 9.93. The molecule has 2 aromatic rings. The summed E-state index contributed by atoms with van der Waals surface area (Å²) in [5.74, 6) is 0.00251. The molecule has 6 heteroatoms. The van der Waals surface area contributed by atoms with Gasteiger partial charge in [0.1, 0.15) is 11.6 Å². The molecule has 1 aromatic heterocycles. The van der Waals surface area contributed by atoms with E-state index in [9.17, 15) is 9.18 Å². The van der Waals surface area contributed by atoms with Gasteiger partial charge in [0.15, 0.2) is 6.10 Å². The molecule has 0 radical (unpaired) electrons. The van der Waals surface area contributed by atoms with Gasteiger partial charge in [-0.05, 0) is 79.2 Å². The minimum absolute atomic E-state index is 0.0223. The van der Waals surface area contributed by atoms with Crippen molar-refractivity contribution in [1.82, 2.24) is 10.2 Å². The van der Waals surface area contributed by atoms with Crippen molar-refractivity contribution in [2.75, 3.05) is 13.1 Å². The van der Waals surface area contributed by atoms with Gasteiger partial charge < -0.3 is 15.0 Å².